The fourth-order valence-corrected chi connectivity index (χ4v) is 2.50. The van der Waals surface area contributed by atoms with Gasteiger partial charge in [-0.25, -0.2) is 0 Å². The minimum absolute atomic E-state index is 0.0661. The maximum Gasteiger partial charge on any atom is 0.307 e. The zero-order chi connectivity index (χ0) is 9.59. The number of carbonyl (C=O) groups is 2. The van der Waals surface area contributed by atoms with Crippen molar-refractivity contribution in [1.82, 2.24) is 0 Å². The number of carboxylic acid groups (broad SMARTS) is 2. The van der Waals surface area contributed by atoms with Crippen LogP contribution in [0.15, 0.2) is 12.2 Å². The zero-order valence-corrected chi connectivity index (χ0v) is 6.88. The van der Waals surface area contributed by atoms with E-state index in [-0.39, 0.29) is 11.8 Å². The first-order valence-corrected chi connectivity index (χ1v) is 4.25. The molecule has 4 heteroatoms. The first-order valence-electron chi connectivity index (χ1n) is 4.25. The summed E-state index contributed by atoms with van der Waals surface area (Å²) < 4.78 is 0. The lowest BCUT2D eigenvalue weighted by Gasteiger charge is -2.20. The van der Waals surface area contributed by atoms with Gasteiger partial charge in [0.15, 0.2) is 0 Å². The van der Waals surface area contributed by atoms with Crippen LogP contribution in [0.1, 0.15) is 6.42 Å². The highest BCUT2D eigenvalue weighted by molar-refractivity contribution is 5.82. The molecular weight excluding hydrogens is 172 g/mol. The van der Waals surface area contributed by atoms with Gasteiger partial charge in [0.2, 0.25) is 0 Å². The van der Waals surface area contributed by atoms with Crippen molar-refractivity contribution in [3.63, 3.8) is 0 Å². The number of allylic oxidation sites excluding steroid dienone is 2. The first kappa shape index (κ1) is 8.29. The molecule has 13 heavy (non-hydrogen) atoms. The molecule has 0 saturated heterocycles. The van der Waals surface area contributed by atoms with Gasteiger partial charge in [-0.05, 0) is 18.3 Å². The van der Waals surface area contributed by atoms with Gasteiger partial charge in [0, 0.05) is 0 Å². The maximum absolute atomic E-state index is 10.8. The summed E-state index contributed by atoms with van der Waals surface area (Å²) in [5, 5.41) is 17.7. The molecule has 70 valence electrons. The Hall–Kier alpha value is -1.32. The van der Waals surface area contributed by atoms with Crippen molar-refractivity contribution >= 4 is 11.9 Å². The summed E-state index contributed by atoms with van der Waals surface area (Å²) in [5.74, 6) is -3.53. The Morgan fingerprint density at radius 3 is 1.69 bits per heavy atom. The summed E-state index contributed by atoms with van der Waals surface area (Å²) in [6.45, 7) is 0. The average molecular weight is 182 g/mol. The smallest absolute Gasteiger partial charge is 0.307 e. The van der Waals surface area contributed by atoms with Crippen LogP contribution in [0, 0.1) is 23.7 Å². The number of fused-ring (bicyclic) bond motifs is 2. The molecule has 1 fully saturated rings. The second-order valence-electron chi connectivity index (χ2n) is 3.68. The Balaban J connectivity index is 2.30. The Morgan fingerprint density at radius 1 is 1.00 bits per heavy atom. The van der Waals surface area contributed by atoms with Crippen molar-refractivity contribution in [2.75, 3.05) is 0 Å². The monoisotopic (exact) mass is 182 g/mol. The van der Waals surface area contributed by atoms with E-state index in [0.717, 1.165) is 0 Å². The third-order valence-electron chi connectivity index (χ3n) is 3.03. The highest BCUT2D eigenvalue weighted by Crippen LogP contribution is 2.48. The third-order valence-corrected chi connectivity index (χ3v) is 3.03. The molecule has 0 aromatic heterocycles. The molecule has 0 aromatic rings. The fourth-order valence-electron chi connectivity index (χ4n) is 2.50. The van der Waals surface area contributed by atoms with Crippen molar-refractivity contribution in [2.24, 2.45) is 23.7 Å². The predicted octanol–water partition coefficient (Wildman–Crippen LogP) is 0.594. The highest BCUT2D eigenvalue weighted by Gasteiger charge is 2.51. The van der Waals surface area contributed by atoms with Gasteiger partial charge in [-0.1, -0.05) is 12.2 Å². The number of hydrogen-bond donors (Lipinski definition) is 2. The second kappa shape index (κ2) is 2.58. The van der Waals surface area contributed by atoms with E-state index in [1.807, 2.05) is 12.2 Å². The van der Waals surface area contributed by atoms with E-state index in [4.69, 9.17) is 10.2 Å². The number of rotatable bonds is 2. The van der Waals surface area contributed by atoms with E-state index in [1.165, 1.54) is 0 Å². The van der Waals surface area contributed by atoms with Crippen LogP contribution in [0.5, 0.6) is 0 Å². The number of hydrogen-bond acceptors (Lipinski definition) is 2. The molecule has 4 atom stereocenters. The Morgan fingerprint density at radius 2 is 1.38 bits per heavy atom. The topological polar surface area (TPSA) is 74.6 Å². The van der Waals surface area contributed by atoms with Crippen LogP contribution in [0.3, 0.4) is 0 Å². The van der Waals surface area contributed by atoms with Gasteiger partial charge in [-0.3, -0.25) is 9.59 Å². The van der Waals surface area contributed by atoms with Crippen LogP contribution in [-0.4, -0.2) is 22.2 Å². The molecule has 2 aliphatic carbocycles. The van der Waals surface area contributed by atoms with E-state index in [2.05, 4.69) is 0 Å². The quantitative estimate of drug-likeness (QED) is 0.613. The minimum Gasteiger partial charge on any atom is -0.481 e. The summed E-state index contributed by atoms with van der Waals surface area (Å²) in [7, 11) is 0. The number of aliphatic carboxylic acids is 2. The first-order chi connectivity index (χ1) is 6.11. The molecule has 2 aliphatic rings. The molecule has 0 aliphatic heterocycles. The molecule has 0 radical (unpaired) electrons. The summed E-state index contributed by atoms with van der Waals surface area (Å²) >= 11 is 0. The Kier molecular flexibility index (Phi) is 1.65. The molecule has 2 rings (SSSR count). The summed E-state index contributed by atoms with van der Waals surface area (Å²) in [4.78, 5) is 21.6. The normalized spacial score (nSPS) is 40.9. The van der Waals surface area contributed by atoms with Gasteiger partial charge in [-0.2, -0.15) is 0 Å². The maximum atomic E-state index is 10.8. The molecular formula is C9H10O4. The van der Waals surface area contributed by atoms with E-state index in [9.17, 15) is 9.59 Å². The molecule has 3 unspecified atom stereocenters. The molecule has 1 saturated carbocycles. The van der Waals surface area contributed by atoms with E-state index >= 15 is 0 Å². The van der Waals surface area contributed by atoms with Crippen molar-refractivity contribution < 1.29 is 19.8 Å². The van der Waals surface area contributed by atoms with Gasteiger partial charge in [0.05, 0.1) is 11.8 Å². The van der Waals surface area contributed by atoms with E-state index in [1.54, 1.807) is 0 Å². The predicted molar refractivity (Wildman–Crippen MR) is 43.0 cm³/mol. The Labute approximate surface area is 74.9 Å². The van der Waals surface area contributed by atoms with Crippen LogP contribution in [0.4, 0.5) is 0 Å². The van der Waals surface area contributed by atoms with Crippen LogP contribution >= 0.6 is 0 Å². The molecule has 2 N–H and O–H groups in total. The van der Waals surface area contributed by atoms with Crippen molar-refractivity contribution in [3.8, 4) is 0 Å². The van der Waals surface area contributed by atoms with Crippen molar-refractivity contribution in [1.29, 1.82) is 0 Å². The van der Waals surface area contributed by atoms with E-state index in [0.29, 0.717) is 6.42 Å². The second-order valence-corrected chi connectivity index (χ2v) is 3.68. The average Bonchev–Trinajstić information content (AvgIpc) is 2.60. The third kappa shape index (κ3) is 1.05. The minimum atomic E-state index is -0.982. The SMILES string of the molecule is O=C(O)C1C2C=C[C@@H](C2)C1C(=O)O. The fraction of sp³-hybridized carbons (Fsp3) is 0.556. The summed E-state index contributed by atoms with van der Waals surface area (Å²) in [6.07, 6.45) is 4.36. The van der Waals surface area contributed by atoms with Crippen LogP contribution < -0.4 is 0 Å². The van der Waals surface area contributed by atoms with Gasteiger partial charge in [-0.15, -0.1) is 0 Å². The lowest BCUT2D eigenvalue weighted by Crippen LogP contribution is -2.32. The van der Waals surface area contributed by atoms with Crippen LogP contribution in [-0.2, 0) is 9.59 Å². The summed E-state index contributed by atoms with van der Waals surface area (Å²) in [5.41, 5.74) is 0. The lowest BCUT2D eigenvalue weighted by molar-refractivity contribution is -0.154. The van der Waals surface area contributed by atoms with Gasteiger partial charge in [0.25, 0.3) is 0 Å². The highest BCUT2D eigenvalue weighted by atomic mass is 16.4. The molecule has 0 heterocycles. The zero-order valence-electron chi connectivity index (χ0n) is 6.88. The molecule has 0 spiro atoms. The lowest BCUT2D eigenvalue weighted by atomic mass is 9.83. The Bertz CT molecular complexity index is 266. The molecule has 0 aromatic carbocycles. The van der Waals surface area contributed by atoms with E-state index < -0.39 is 23.8 Å². The standard InChI is InChI=1S/C9H10O4/c10-8(11)6-4-1-2-5(3-4)7(6)9(12)13/h1-2,4-7H,3H2,(H,10,11)(H,12,13)/t4-,5?,6?,7?/m0/s1. The molecule has 0 amide bonds. The van der Waals surface area contributed by atoms with Crippen LogP contribution in [0.25, 0.3) is 0 Å². The van der Waals surface area contributed by atoms with Gasteiger partial charge < -0.3 is 10.2 Å². The van der Waals surface area contributed by atoms with Crippen molar-refractivity contribution in [2.45, 2.75) is 6.42 Å². The molecule has 2 bridgehead atoms. The number of carboxylic acids is 2. The van der Waals surface area contributed by atoms with Crippen molar-refractivity contribution in [3.05, 3.63) is 12.2 Å². The van der Waals surface area contributed by atoms with Gasteiger partial charge in [0.1, 0.15) is 0 Å². The molecule has 4 nitrogen and oxygen atoms in total. The van der Waals surface area contributed by atoms with Crippen LogP contribution in [0.2, 0.25) is 0 Å². The largest absolute Gasteiger partial charge is 0.481 e. The summed E-state index contributed by atoms with van der Waals surface area (Å²) in [6, 6.07) is 0. The van der Waals surface area contributed by atoms with Gasteiger partial charge >= 0.3 is 11.9 Å².